The molecule has 0 spiro atoms. The smallest absolute Gasteiger partial charge is 0.325 e. The molecule has 8 aromatic rings. The summed E-state index contributed by atoms with van der Waals surface area (Å²) in [5.41, 5.74) is 2.87. The number of methoxy groups -OCH3 is 2. The summed E-state index contributed by atoms with van der Waals surface area (Å²) in [4.78, 5) is 60.7. The van der Waals surface area contributed by atoms with Crippen LogP contribution < -0.4 is 14.8 Å². The molecule has 0 bridgehead atoms. The Bertz CT molecular complexity index is 2960. The largest absolute Gasteiger partial charge is 0.497 e. The van der Waals surface area contributed by atoms with Gasteiger partial charge in [-0.05, 0) is 56.5 Å². The minimum Gasteiger partial charge on any atom is -0.497 e. The highest BCUT2D eigenvalue weighted by molar-refractivity contribution is 7.59. The van der Waals surface area contributed by atoms with E-state index < -0.39 is 5.97 Å². The number of hydrogen-bond donors (Lipinski definition) is 3. The zero-order valence-electron chi connectivity index (χ0n) is 38.3. The molecule has 2 saturated heterocycles. The molecule has 2 aliphatic rings. The van der Waals surface area contributed by atoms with Gasteiger partial charge in [-0.1, -0.05) is 67.5 Å². The van der Waals surface area contributed by atoms with E-state index in [4.69, 9.17) is 19.6 Å². The van der Waals surface area contributed by atoms with Crippen molar-refractivity contribution in [3.63, 3.8) is 0 Å². The number of fused-ring (bicyclic) bond motifs is 2. The zero-order valence-corrected chi connectivity index (χ0v) is 41.1. The molecule has 356 valence electrons. The van der Waals surface area contributed by atoms with E-state index in [1.165, 1.54) is 29.6 Å². The predicted molar refractivity (Wildman–Crippen MR) is 271 cm³/mol. The van der Waals surface area contributed by atoms with Crippen LogP contribution in [0.15, 0.2) is 120 Å². The van der Waals surface area contributed by atoms with E-state index in [0.29, 0.717) is 62.7 Å². The number of carboxylic acid groups (broad SMARTS) is 1. The summed E-state index contributed by atoms with van der Waals surface area (Å²) >= 11 is 3.32. The number of likely N-dealkylation sites (tertiary alicyclic amines) is 1. The highest BCUT2D eigenvalue weighted by Gasteiger charge is 2.32. The summed E-state index contributed by atoms with van der Waals surface area (Å²) in [6.07, 6.45) is 8.06. The van der Waals surface area contributed by atoms with E-state index >= 15 is 0 Å². The molecule has 4 aromatic carbocycles. The quantitative estimate of drug-likeness (QED) is 0.0604. The molecule has 3 unspecified atom stereocenters. The molecule has 69 heavy (non-hydrogen) atoms. The van der Waals surface area contributed by atoms with Crippen LogP contribution in [0.2, 0.25) is 6.82 Å². The van der Waals surface area contributed by atoms with Crippen molar-refractivity contribution in [3.8, 4) is 11.5 Å². The second-order valence-electron chi connectivity index (χ2n) is 15.9. The van der Waals surface area contributed by atoms with Crippen LogP contribution in [-0.4, -0.2) is 102 Å². The van der Waals surface area contributed by atoms with Gasteiger partial charge in [-0.2, -0.15) is 10.2 Å². The van der Waals surface area contributed by atoms with Crippen molar-refractivity contribution in [2.24, 2.45) is 0 Å². The fraction of sp³-hybridized carbons (Fsp3) is 0.265. The van der Waals surface area contributed by atoms with Crippen LogP contribution in [0.25, 0.3) is 21.8 Å². The molecule has 2 aliphatic heterocycles. The summed E-state index contributed by atoms with van der Waals surface area (Å²) in [7, 11) is 5.33. The third kappa shape index (κ3) is 12.7. The number of ketones is 2. The number of carboxylic acids is 1. The number of carbonyl (C=O) groups is 4. The van der Waals surface area contributed by atoms with Crippen molar-refractivity contribution in [1.82, 2.24) is 39.7 Å². The van der Waals surface area contributed by atoms with E-state index in [2.05, 4.69) is 34.6 Å². The van der Waals surface area contributed by atoms with Gasteiger partial charge in [0.15, 0.2) is 0 Å². The molecule has 0 saturated carbocycles. The molecule has 3 N–H and O–H groups in total. The average molecular weight is 987 g/mol. The van der Waals surface area contributed by atoms with Gasteiger partial charge in [0.1, 0.15) is 46.0 Å². The van der Waals surface area contributed by atoms with Crippen LogP contribution in [0.4, 0.5) is 0 Å². The normalized spacial score (nSPS) is 15.0. The van der Waals surface area contributed by atoms with E-state index in [9.17, 15) is 19.2 Å². The third-order valence-electron chi connectivity index (χ3n) is 11.1. The fourth-order valence-corrected chi connectivity index (χ4v) is 9.49. The van der Waals surface area contributed by atoms with Crippen LogP contribution in [0.5, 0.6) is 11.5 Å². The van der Waals surface area contributed by atoms with Gasteiger partial charge in [-0.25, -0.2) is 9.97 Å². The van der Waals surface area contributed by atoms with Crippen molar-refractivity contribution in [1.29, 1.82) is 0 Å². The Kier molecular flexibility index (Phi) is 17.5. The summed E-state index contributed by atoms with van der Waals surface area (Å²) in [5, 5.41) is 36.7. The van der Waals surface area contributed by atoms with Gasteiger partial charge in [0, 0.05) is 63.7 Å². The average Bonchev–Trinajstić information content (AvgIpc) is 4.23. The Morgan fingerprint density at radius 3 is 1.70 bits per heavy atom. The summed E-state index contributed by atoms with van der Waals surface area (Å²) in [6, 6.07) is 28.9. The third-order valence-corrected chi connectivity index (χ3v) is 12.9. The molecule has 20 heteroatoms. The number of amides is 1. The number of hydrogen-bond acceptors (Lipinski definition) is 14. The second-order valence-corrected chi connectivity index (χ2v) is 18.8. The fourth-order valence-electron chi connectivity index (χ4n) is 7.96. The first-order valence-corrected chi connectivity index (χ1v) is 24.6. The van der Waals surface area contributed by atoms with Gasteiger partial charge in [-0.15, -0.1) is 31.8 Å². The Labute approximate surface area is 409 Å². The highest BCUT2D eigenvalue weighted by Crippen LogP contribution is 2.34. The van der Waals surface area contributed by atoms with Crippen molar-refractivity contribution in [3.05, 3.63) is 153 Å². The van der Waals surface area contributed by atoms with Crippen LogP contribution in [0, 0.1) is 0 Å². The monoisotopic (exact) mass is 986 g/mol. The lowest BCUT2D eigenvalue weighted by molar-refractivity contribution is -0.138. The van der Waals surface area contributed by atoms with Crippen molar-refractivity contribution in [2.75, 3.05) is 27.3 Å². The minimum atomic E-state index is -1.03. The topological polar surface area (TPSA) is 204 Å². The first-order valence-electron chi connectivity index (χ1n) is 22.2. The number of benzene rings is 4. The van der Waals surface area contributed by atoms with Gasteiger partial charge < -0.3 is 29.8 Å². The maximum absolute atomic E-state index is 13.3. The lowest BCUT2D eigenvalue weighted by Gasteiger charge is -2.23. The molecule has 2 fully saturated rings. The Hall–Kier alpha value is -6.63. The Morgan fingerprint density at radius 2 is 1.25 bits per heavy atom. The molecule has 1 amide bonds. The van der Waals surface area contributed by atoms with Crippen LogP contribution in [-0.2, 0) is 22.7 Å². The van der Waals surface area contributed by atoms with E-state index in [1.807, 2.05) is 58.3 Å². The van der Waals surface area contributed by atoms with Gasteiger partial charge in [0.25, 0.3) is 0 Å². The van der Waals surface area contributed by atoms with E-state index in [-0.39, 0.29) is 48.9 Å². The summed E-state index contributed by atoms with van der Waals surface area (Å²) < 4.78 is 13.5. The number of thiazole rings is 2. The Morgan fingerprint density at radius 1 is 0.739 bits per heavy atom. The van der Waals surface area contributed by atoms with E-state index in [1.54, 1.807) is 108 Å². The van der Waals surface area contributed by atoms with Crippen LogP contribution >= 0.6 is 31.8 Å². The van der Waals surface area contributed by atoms with Gasteiger partial charge in [0.05, 0.1) is 37.3 Å². The molecule has 6 heterocycles. The molecule has 4 aromatic heterocycles. The molecular weight excluding hydrogens is 935 g/mol. The zero-order chi connectivity index (χ0) is 48.9. The standard InChI is InChI=1S/C24H22N4O3S.C17H14N2O4.C7H10N2S.CH6BOP/c1-31-17-9-10-18-20(14-17)28(26-22(18)23(30)16-6-3-2-4-7-16)15-21(29)27-12-5-8-19(27)24-25-11-13-32-24;1-23-12-7-8-13-14(9-12)19(10-15(20)21)18-16(13)17(22)11-5-3-2-4-6-11;1-2-6(8-3-1)7-9-4-5-10-7;1-2(3)4/h2-4,6-7,9-11,13-14,19H,5,8,12,15H2,1H3;2-9H,10H2,1H3,(H,20,21);4-6,8H,1-3H2;3H,4H2,1H3. The van der Waals surface area contributed by atoms with Gasteiger partial charge in [-0.3, -0.25) is 28.5 Å². The molecule has 10 rings (SSSR count). The number of aromatic nitrogens is 6. The Balaban J connectivity index is 0.000000164. The molecular formula is C49H52BN8O8PS2. The second kappa shape index (κ2) is 24.1. The van der Waals surface area contributed by atoms with Crippen LogP contribution in [0.3, 0.4) is 0 Å². The lowest BCUT2D eigenvalue weighted by atomic mass is 10.1. The van der Waals surface area contributed by atoms with Crippen molar-refractivity contribution < 1.29 is 38.8 Å². The number of nitrogens with zero attached hydrogens (tertiary/aromatic N) is 7. The maximum Gasteiger partial charge on any atom is 0.325 e. The van der Waals surface area contributed by atoms with E-state index in [0.717, 1.165) is 24.4 Å². The number of rotatable bonds is 12. The van der Waals surface area contributed by atoms with Gasteiger partial charge >= 0.3 is 12.6 Å². The number of nitrogens with one attached hydrogen (secondary N) is 1. The maximum atomic E-state index is 13.3. The number of carbonyl (C=O) groups excluding carboxylic acids is 3. The first-order chi connectivity index (χ1) is 33.4. The van der Waals surface area contributed by atoms with Gasteiger partial charge in [0.2, 0.25) is 17.5 Å². The number of ether oxygens (including phenoxy) is 2. The van der Waals surface area contributed by atoms with Crippen LogP contribution in [0.1, 0.15) is 79.9 Å². The molecule has 0 radical (unpaired) electrons. The molecule has 3 atom stereocenters. The number of aliphatic carboxylic acids is 1. The molecule has 16 nitrogen and oxygen atoms in total. The summed E-state index contributed by atoms with van der Waals surface area (Å²) in [5.74, 6) is -0.266. The molecule has 0 aliphatic carbocycles. The predicted octanol–water partition coefficient (Wildman–Crippen LogP) is 8.00. The first kappa shape index (κ1) is 50.3. The minimum absolute atomic E-state index is 0.00397. The SMILES string of the molecule is CB(O)P.COc1ccc2c(C(=O)c3ccccc3)nn(CC(=O)N3CCCC3c3nccs3)c2c1.COc1ccc2c(C(=O)c3ccccc3)nn(CC(=O)O)c2c1.c1csc(C2CCCN2)n1. The van der Waals surface area contributed by atoms with Crippen molar-refractivity contribution in [2.45, 2.75) is 57.7 Å². The lowest BCUT2D eigenvalue weighted by Crippen LogP contribution is -2.33. The summed E-state index contributed by atoms with van der Waals surface area (Å²) in [6.45, 7) is 3.01. The van der Waals surface area contributed by atoms with Crippen molar-refractivity contribution >= 4 is 83.7 Å². The highest BCUT2D eigenvalue weighted by atomic mass is 32.1.